The number of esters is 1. The molecule has 1 atom stereocenters. The minimum atomic E-state index is -0.837. The predicted octanol–water partition coefficient (Wildman–Crippen LogP) is 2.53. The second-order valence-corrected chi connectivity index (χ2v) is 5.58. The molecule has 0 saturated carbocycles. The number of rotatable bonds is 5. The summed E-state index contributed by atoms with van der Waals surface area (Å²) in [7, 11) is 1.30. The number of nitrogens with zero attached hydrogens (tertiary/aromatic N) is 2. The van der Waals surface area contributed by atoms with Crippen molar-refractivity contribution in [2.24, 2.45) is 0 Å². The summed E-state index contributed by atoms with van der Waals surface area (Å²) in [4.78, 5) is 24.5. The van der Waals surface area contributed by atoms with Crippen LogP contribution in [0.25, 0.3) is 0 Å². The number of hydrazine groups is 1. The van der Waals surface area contributed by atoms with Crippen molar-refractivity contribution in [3.8, 4) is 0 Å². The molecule has 1 fully saturated rings. The van der Waals surface area contributed by atoms with Crippen molar-refractivity contribution in [1.82, 2.24) is 5.01 Å². The van der Waals surface area contributed by atoms with E-state index in [2.05, 4.69) is 4.74 Å². The largest absolute Gasteiger partial charge is 0.469 e. The molecule has 1 saturated heterocycles. The third kappa shape index (κ3) is 3.80. The van der Waals surface area contributed by atoms with Crippen LogP contribution in [0.4, 0.5) is 11.4 Å². The number of hydrogen-bond acceptors (Lipinski definition) is 5. The standard InChI is InChI=1S/C19H20N2O4/c1-24-18(22)14-17-19(23)20(12-13-25-17)21(15-8-4-2-5-9-15)16-10-6-3-7-11-16/h2-11,17H,12-14H2,1H3. The summed E-state index contributed by atoms with van der Waals surface area (Å²) < 4.78 is 10.2. The van der Waals surface area contributed by atoms with Crippen LogP contribution in [0, 0.1) is 0 Å². The molecular weight excluding hydrogens is 320 g/mol. The first-order valence-corrected chi connectivity index (χ1v) is 8.10. The minimum Gasteiger partial charge on any atom is -0.469 e. The summed E-state index contributed by atoms with van der Waals surface area (Å²) in [5.74, 6) is -0.726. The number of morpholine rings is 1. The fourth-order valence-electron chi connectivity index (χ4n) is 2.77. The predicted molar refractivity (Wildman–Crippen MR) is 93.1 cm³/mol. The van der Waals surface area contributed by atoms with Crippen LogP contribution >= 0.6 is 0 Å². The molecule has 6 heteroatoms. The van der Waals surface area contributed by atoms with Gasteiger partial charge in [-0.3, -0.25) is 14.6 Å². The molecule has 6 nitrogen and oxygen atoms in total. The second-order valence-electron chi connectivity index (χ2n) is 5.58. The summed E-state index contributed by atoms with van der Waals surface area (Å²) in [6.45, 7) is 0.754. The second kappa shape index (κ2) is 7.81. The number of ether oxygens (including phenoxy) is 2. The monoisotopic (exact) mass is 340 g/mol. The average molecular weight is 340 g/mol. The van der Waals surface area contributed by atoms with Gasteiger partial charge in [0.25, 0.3) is 5.91 Å². The lowest BCUT2D eigenvalue weighted by molar-refractivity contribution is -0.160. The molecular formula is C19H20N2O4. The molecule has 130 valence electrons. The van der Waals surface area contributed by atoms with Crippen molar-refractivity contribution in [3.63, 3.8) is 0 Å². The van der Waals surface area contributed by atoms with Gasteiger partial charge in [-0.25, -0.2) is 5.01 Å². The molecule has 2 aromatic rings. The quantitative estimate of drug-likeness (QED) is 0.783. The fourth-order valence-corrected chi connectivity index (χ4v) is 2.77. The molecule has 1 heterocycles. The number of anilines is 2. The van der Waals surface area contributed by atoms with Crippen LogP contribution in [-0.2, 0) is 19.1 Å². The van der Waals surface area contributed by atoms with E-state index in [-0.39, 0.29) is 12.3 Å². The van der Waals surface area contributed by atoms with Crippen LogP contribution in [0.15, 0.2) is 60.7 Å². The topological polar surface area (TPSA) is 59.1 Å². The summed E-state index contributed by atoms with van der Waals surface area (Å²) in [5.41, 5.74) is 1.72. The Morgan fingerprint density at radius 1 is 1.12 bits per heavy atom. The number of carbonyl (C=O) groups excluding carboxylic acids is 2. The highest BCUT2D eigenvalue weighted by molar-refractivity contribution is 5.88. The van der Waals surface area contributed by atoms with E-state index < -0.39 is 12.1 Å². The molecule has 25 heavy (non-hydrogen) atoms. The van der Waals surface area contributed by atoms with Crippen molar-refractivity contribution in [2.45, 2.75) is 12.5 Å². The smallest absolute Gasteiger partial charge is 0.308 e. The molecule has 3 rings (SSSR count). The van der Waals surface area contributed by atoms with Crippen molar-refractivity contribution in [3.05, 3.63) is 60.7 Å². The van der Waals surface area contributed by atoms with E-state index in [0.717, 1.165) is 11.4 Å². The lowest BCUT2D eigenvalue weighted by Crippen LogP contribution is -2.55. The lowest BCUT2D eigenvalue weighted by atomic mass is 10.2. The van der Waals surface area contributed by atoms with E-state index in [0.29, 0.717) is 13.2 Å². The molecule has 1 aliphatic rings. The number of amides is 1. The molecule has 0 spiro atoms. The third-order valence-corrected chi connectivity index (χ3v) is 3.97. The van der Waals surface area contributed by atoms with Crippen LogP contribution < -0.4 is 5.01 Å². The van der Waals surface area contributed by atoms with Gasteiger partial charge in [0.1, 0.15) is 6.10 Å². The SMILES string of the molecule is COC(=O)CC1OCCN(N(c2ccccc2)c2ccccc2)C1=O. The first kappa shape index (κ1) is 17.0. The third-order valence-electron chi connectivity index (χ3n) is 3.97. The Morgan fingerprint density at radius 2 is 1.68 bits per heavy atom. The Morgan fingerprint density at radius 3 is 2.20 bits per heavy atom. The Hall–Kier alpha value is -2.86. The lowest BCUT2D eigenvalue weighted by Gasteiger charge is -2.41. The van der Waals surface area contributed by atoms with Crippen molar-refractivity contribution < 1.29 is 19.1 Å². The van der Waals surface area contributed by atoms with E-state index in [4.69, 9.17) is 4.74 Å². The van der Waals surface area contributed by atoms with Crippen molar-refractivity contribution in [1.29, 1.82) is 0 Å². The van der Waals surface area contributed by atoms with Crippen LogP contribution in [0.3, 0.4) is 0 Å². The molecule has 0 N–H and O–H groups in total. The summed E-state index contributed by atoms with van der Waals surface area (Å²) in [5, 5.41) is 3.48. The normalized spacial score (nSPS) is 17.2. The summed E-state index contributed by atoms with van der Waals surface area (Å²) >= 11 is 0. The number of carbonyl (C=O) groups is 2. The van der Waals surface area contributed by atoms with Gasteiger partial charge in [-0.2, -0.15) is 0 Å². The van der Waals surface area contributed by atoms with Gasteiger partial charge in [-0.05, 0) is 24.3 Å². The highest BCUT2D eigenvalue weighted by Gasteiger charge is 2.35. The maximum atomic E-state index is 12.9. The van der Waals surface area contributed by atoms with Gasteiger partial charge >= 0.3 is 5.97 Å². The van der Waals surface area contributed by atoms with Gasteiger partial charge in [-0.1, -0.05) is 36.4 Å². The molecule has 0 aliphatic carbocycles. The zero-order valence-electron chi connectivity index (χ0n) is 14.0. The molecule has 0 bridgehead atoms. The number of para-hydroxylation sites is 2. The van der Waals surface area contributed by atoms with Crippen LogP contribution in [0.5, 0.6) is 0 Å². The Balaban J connectivity index is 1.93. The van der Waals surface area contributed by atoms with E-state index >= 15 is 0 Å². The van der Waals surface area contributed by atoms with Crippen molar-refractivity contribution in [2.75, 3.05) is 25.3 Å². The molecule has 1 aliphatic heterocycles. The van der Waals surface area contributed by atoms with E-state index in [9.17, 15) is 9.59 Å². The van der Waals surface area contributed by atoms with E-state index in [1.807, 2.05) is 65.7 Å². The Bertz CT molecular complexity index is 681. The summed E-state index contributed by atoms with van der Waals surface area (Å²) in [6.07, 6.45) is -0.931. The first-order chi connectivity index (χ1) is 12.2. The van der Waals surface area contributed by atoms with Gasteiger partial charge in [0.05, 0.1) is 38.1 Å². The summed E-state index contributed by atoms with van der Waals surface area (Å²) in [6, 6.07) is 19.3. The van der Waals surface area contributed by atoms with Gasteiger partial charge in [0.2, 0.25) is 0 Å². The Labute approximate surface area is 146 Å². The van der Waals surface area contributed by atoms with Crippen molar-refractivity contribution >= 4 is 23.3 Å². The average Bonchev–Trinajstić information content (AvgIpc) is 2.66. The Kier molecular flexibility index (Phi) is 5.30. The number of methoxy groups -OCH3 is 1. The minimum absolute atomic E-state index is 0.0940. The molecule has 0 radical (unpaired) electrons. The maximum Gasteiger partial charge on any atom is 0.308 e. The van der Waals surface area contributed by atoms with Gasteiger partial charge in [-0.15, -0.1) is 0 Å². The van der Waals surface area contributed by atoms with Crippen LogP contribution in [0.2, 0.25) is 0 Å². The molecule has 0 aromatic heterocycles. The number of hydrogen-bond donors (Lipinski definition) is 0. The first-order valence-electron chi connectivity index (χ1n) is 8.10. The molecule has 1 amide bonds. The van der Waals surface area contributed by atoms with Gasteiger partial charge in [0.15, 0.2) is 0 Å². The maximum absolute atomic E-state index is 12.9. The highest BCUT2D eigenvalue weighted by atomic mass is 16.5. The molecule has 1 unspecified atom stereocenters. The van der Waals surface area contributed by atoms with Gasteiger partial charge < -0.3 is 9.47 Å². The zero-order chi connectivity index (χ0) is 17.6. The highest BCUT2D eigenvalue weighted by Crippen LogP contribution is 2.29. The fraction of sp³-hybridized carbons (Fsp3) is 0.263. The number of benzene rings is 2. The van der Waals surface area contributed by atoms with E-state index in [1.54, 1.807) is 5.01 Å². The van der Waals surface area contributed by atoms with Crippen LogP contribution in [0.1, 0.15) is 6.42 Å². The van der Waals surface area contributed by atoms with E-state index in [1.165, 1.54) is 7.11 Å². The molecule has 2 aromatic carbocycles. The van der Waals surface area contributed by atoms with Crippen LogP contribution in [-0.4, -0.2) is 43.3 Å². The van der Waals surface area contributed by atoms with Gasteiger partial charge in [0, 0.05) is 0 Å². The zero-order valence-corrected chi connectivity index (χ0v) is 14.0.